The molecular formula is C18H21ClN2O4S. The Balaban J connectivity index is 1.79. The first-order chi connectivity index (χ1) is 12.4. The first-order valence-electron chi connectivity index (χ1n) is 8.22. The third kappa shape index (κ3) is 4.23. The van der Waals surface area contributed by atoms with Crippen LogP contribution in [0.15, 0.2) is 47.4 Å². The van der Waals surface area contributed by atoms with Crippen LogP contribution in [0.3, 0.4) is 0 Å². The highest BCUT2D eigenvalue weighted by molar-refractivity contribution is 7.92. The number of nitrogens with zero attached hydrogens (tertiary/aromatic N) is 1. The SMILES string of the molecule is COc1ccc(Cl)cc1S(=O)(=O)Nc1ccc(N2CCOC(C)C2)cc1. The summed E-state index contributed by atoms with van der Waals surface area (Å²) in [6, 6.07) is 11.7. The number of nitrogens with one attached hydrogen (secondary N) is 1. The van der Waals surface area contributed by atoms with Crippen molar-refractivity contribution in [1.29, 1.82) is 0 Å². The van der Waals surface area contributed by atoms with Gasteiger partial charge in [-0.05, 0) is 49.4 Å². The molecule has 1 heterocycles. The van der Waals surface area contributed by atoms with Gasteiger partial charge in [0.1, 0.15) is 10.6 Å². The lowest BCUT2D eigenvalue weighted by Gasteiger charge is -2.33. The van der Waals surface area contributed by atoms with Gasteiger partial charge in [-0.15, -0.1) is 0 Å². The van der Waals surface area contributed by atoms with Crippen molar-refractivity contribution in [2.24, 2.45) is 0 Å². The molecule has 140 valence electrons. The molecule has 6 nitrogen and oxygen atoms in total. The lowest BCUT2D eigenvalue weighted by atomic mass is 10.2. The van der Waals surface area contributed by atoms with Crippen molar-refractivity contribution in [1.82, 2.24) is 0 Å². The molecule has 8 heteroatoms. The predicted molar refractivity (Wildman–Crippen MR) is 103 cm³/mol. The number of halogens is 1. The van der Waals surface area contributed by atoms with E-state index in [4.69, 9.17) is 21.1 Å². The van der Waals surface area contributed by atoms with E-state index in [1.165, 1.54) is 19.2 Å². The van der Waals surface area contributed by atoms with Crippen molar-refractivity contribution in [3.05, 3.63) is 47.5 Å². The van der Waals surface area contributed by atoms with Crippen LogP contribution < -0.4 is 14.4 Å². The Bertz CT molecular complexity index is 871. The molecule has 2 aromatic rings. The molecule has 26 heavy (non-hydrogen) atoms. The van der Waals surface area contributed by atoms with Gasteiger partial charge in [0.25, 0.3) is 10.0 Å². The van der Waals surface area contributed by atoms with Gasteiger partial charge < -0.3 is 14.4 Å². The smallest absolute Gasteiger partial charge is 0.265 e. The average Bonchev–Trinajstić information content (AvgIpc) is 2.62. The summed E-state index contributed by atoms with van der Waals surface area (Å²) < 4.78 is 38.6. The third-order valence-corrected chi connectivity index (χ3v) is 5.78. The minimum absolute atomic E-state index is 0.00131. The number of ether oxygens (including phenoxy) is 2. The summed E-state index contributed by atoms with van der Waals surface area (Å²) in [5, 5.41) is 0.322. The van der Waals surface area contributed by atoms with Crippen LogP contribution in [0.25, 0.3) is 0 Å². The molecular weight excluding hydrogens is 376 g/mol. The first kappa shape index (κ1) is 18.8. The van der Waals surface area contributed by atoms with E-state index in [1.54, 1.807) is 18.2 Å². The maximum absolute atomic E-state index is 12.7. The molecule has 2 aromatic carbocycles. The molecule has 0 saturated carbocycles. The Morgan fingerprint density at radius 3 is 2.62 bits per heavy atom. The van der Waals surface area contributed by atoms with E-state index in [9.17, 15) is 8.42 Å². The molecule has 1 unspecified atom stereocenters. The van der Waals surface area contributed by atoms with Gasteiger partial charge in [-0.1, -0.05) is 11.6 Å². The summed E-state index contributed by atoms with van der Waals surface area (Å²) in [6.07, 6.45) is 0.178. The maximum Gasteiger partial charge on any atom is 0.265 e. The molecule has 1 fully saturated rings. The highest BCUT2D eigenvalue weighted by atomic mass is 35.5. The molecule has 0 bridgehead atoms. The second-order valence-corrected chi connectivity index (χ2v) is 8.16. The molecule has 0 aromatic heterocycles. The van der Waals surface area contributed by atoms with E-state index in [0.29, 0.717) is 17.3 Å². The summed E-state index contributed by atoms with van der Waals surface area (Å²) >= 11 is 5.94. The highest BCUT2D eigenvalue weighted by Crippen LogP contribution is 2.29. The van der Waals surface area contributed by atoms with Crippen LogP contribution in [-0.4, -0.2) is 41.3 Å². The van der Waals surface area contributed by atoms with Crippen LogP contribution in [0.5, 0.6) is 5.75 Å². The quantitative estimate of drug-likeness (QED) is 0.839. The number of hydrogen-bond donors (Lipinski definition) is 1. The van der Waals surface area contributed by atoms with Crippen molar-refractivity contribution in [3.63, 3.8) is 0 Å². The number of sulfonamides is 1. The zero-order valence-corrected chi connectivity index (χ0v) is 16.2. The molecule has 1 aliphatic rings. The summed E-state index contributed by atoms with van der Waals surface area (Å²) in [4.78, 5) is 2.21. The zero-order valence-electron chi connectivity index (χ0n) is 14.6. The first-order valence-corrected chi connectivity index (χ1v) is 10.1. The van der Waals surface area contributed by atoms with Gasteiger partial charge in [-0.2, -0.15) is 0 Å². The summed E-state index contributed by atoms with van der Waals surface area (Å²) in [7, 11) is -2.40. The number of benzene rings is 2. The second kappa shape index (κ2) is 7.73. The third-order valence-electron chi connectivity index (χ3n) is 4.14. The van der Waals surface area contributed by atoms with Crippen molar-refractivity contribution in [2.75, 3.05) is 36.4 Å². The molecule has 0 aliphatic carbocycles. The van der Waals surface area contributed by atoms with Gasteiger partial charge >= 0.3 is 0 Å². The van der Waals surface area contributed by atoms with E-state index in [2.05, 4.69) is 9.62 Å². The summed E-state index contributed by atoms with van der Waals surface area (Å²) in [6.45, 7) is 4.34. The van der Waals surface area contributed by atoms with Crippen LogP contribution in [0.2, 0.25) is 5.02 Å². The number of methoxy groups -OCH3 is 1. The van der Waals surface area contributed by atoms with Crippen LogP contribution in [-0.2, 0) is 14.8 Å². The van der Waals surface area contributed by atoms with E-state index in [1.807, 2.05) is 19.1 Å². The fraction of sp³-hybridized carbons (Fsp3) is 0.333. The lowest BCUT2D eigenvalue weighted by molar-refractivity contribution is 0.0532. The van der Waals surface area contributed by atoms with Gasteiger partial charge in [0, 0.05) is 29.5 Å². The van der Waals surface area contributed by atoms with Crippen molar-refractivity contribution in [3.8, 4) is 5.75 Å². The Kier molecular flexibility index (Phi) is 5.60. The predicted octanol–water partition coefficient (Wildman–Crippen LogP) is 3.37. The fourth-order valence-electron chi connectivity index (χ4n) is 2.86. The van der Waals surface area contributed by atoms with Gasteiger partial charge in [0.05, 0.1) is 19.8 Å². The van der Waals surface area contributed by atoms with E-state index >= 15 is 0 Å². The van der Waals surface area contributed by atoms with Crippen molar-refractivity contribution in [2.45, 2.75) is 17.9 Å². The summed E-state index contributed by atoms with van der Waals surface area (Å²) in [5.74, 6) is 0.237. The Hall–Kier alpha value is -1.96. The highest BCUT2D eigenvalue weighted by Gasteiger charge is 2.21. The Morgan fingerprint density at radius 1 is 1.23 bits per heavy atom. The minimum atomic E-state index is -3.82. The van der Waals surface area contributed by atoms with Gasteiger partial charge in [-0.25, -0.2) is 8.42 Å². The largest absolute Gasteiger partial charge is 0.495 e. The van der Waals surface area contributed by atoms with E-state index in [0.717, 1.165) is 18.8 Å². The van der Waals surface area contributed by atoms with Crippen molar-refractivity contribution >= 4 is 33.0 Å². The lowest BCUT2D eigenvalue weighted by Crippen LogP contribution is -2.41. The van der Waals surface area contributed by atoms with Crippen LogP contribution in [0.4, 0.5) is 11.4 Å². The number of rotatable bonds is 5. The molecule has 1 N–H and O–H groups in total. The summed E-state index contributed by atoms with van der Waals surface area (Å²) in [5.41, 5.74) is 1.50. The standard InChI is InChI=1S/C18H21ClN2O4S/c1-13-12-21(9-10-25-13)16-6-4-15(5-7-16)20-26(22,23)18-11-14(19)3-8-17(18)24-2/h3-8,11,13,20H,9-10,12H2,1-2H3. The molecule has 0 amide bonds. The average molecular weight is 397 g/mol. The van der Waals surface area contributed by atoms with Crippen LogP contribution >= 0.6 is 11.6 Å². The normalized spacial score (nSPS) is 17.8. The minimum Gasteiger partial charge on any atom is -0.495 e. The fourth-order valence-corrected chi connectivity index (χ4v) is 4.36. The van der Waals surface area contributed by atoms with Crippen LogP contribution in [0, 0.1) is 0 Å². The number of hydrogen-bond acceptors (Lipinski definition) is 5. The second-order valence-electron chi connectivity index (χ2n) is 6.07. The molecule has 3 rings (SSSR count). The topological polar surface area (TPSA) is 67.9 Å². The monoisotopic (exact) mass is 396 g/mol. The Labute approximate surface area is 158 Å². The number of anilines is 2. The van der Waals surface area contributed by atoms with Gasteiger partial charge in [0.15, 0.2) is 0 Å². The maximum atomic E-state index is 12.7. The molecule has 1 atom stereocenters. The Morgan fingerprint density at radius 2 is 1.96 bits per heavy atom. The molecule has 0 spiro atoms. The van der Waals surface area contributed by atoms with Gasteiger partial charge in [0.2, 0.25) is 0 Å². The van der Waals surface area contributed by atoms with Crippen LogP contribution in [0.1, 0.15) is 6.92 Å². The molecule has 0 radical (unpaired) electrons. The number of morpholine rings is 1. The molecule has 1 saturated heterocycles. The molecule has 1 aliphatic heterocycles. The van der Waals surface area contributed by atoms with E-state index in [-0.39, 0.29) is 16.7 Å². The van der Waals surface area contributed by atoms with Crippen molar-refractivity contribution < 1.29 is 17.9 Å². The zero-order chi connectivity index (χ0) is 18.7. The van der Waals surface area contributed by atoms with Gasteiger partial charge in [-0.3, -0.25) is 4.72 Å². The van der Waals surface area contributed by atoms with E-state index < -0.39 is 10.0 Å².